The van der Waals surface area contributed by atoms with Crippen molar-refractivity contribution in [2.45, 2.75) is 18.9 Å². The van der Waals surface area contributed by atoms with Gasteiger partial charge >= 0.3 is 5.97 Å². The topological polar surface area (TPSA) is 75.7 Å². The van der Waals surface area contributed by atoms with Crippen molar-refractivity contribution in [3.63, 3.8) is 0 Å². The van der Waals surface area contributed by atoms with Crippen LogP contribution in [0.25, 0.3) is 0 Å². The summed E-state index contributed by atoms with van der Waals surface area (Å²) < 4.78 is 5.36. The summed E-state index contributed by atoms with van der Waals surface area (Å²) in [6.45, 7) is -0.445. The highest BCUT2D eigenvalue weighted by Crippen LogP contribution is 2.22. The van der Waals surface area contributed by atoms with Crippen molar-refractivity contribution in [2.75, 3.05) is 20.2 Å². The van der Waals surface area contributed by atoms with E-state index in [1.54, 1.807) is 6.07 Å². The molecule has 1 aliphatic rings. The van der Waals surface area contributed by atoms with E-state index in [1.807, 2.05) is 0 Å². The fourth-order valence-electron chi connectivity index (χ4n) is 1.54. The number of likely N-dealkylation sites (N-methyl/N-ethyl adjacent to an activating group) is 1. The minimum atomic E-state index is -0.601. The van der Waals surface area contributed by atoms with Gasteiger partial charge in [-0.05, 0) is 25.0 Å². The molecule has 1 heterocycles. The lowest BCUT2D eigenvalue weighted by molar-refractivity contribution is -0.137. The molecule has 2 amide bonds. The number of carbonyl (C=O) groups excluding carboxylic acids is 3. The zero-order valence-corrected chi connectivity index (χ0v) is 13.0. The lowest BCUT2D eigenvalue weighted by Gasteiger charge is -2.16. The van der Waals surface area contributed by atoms with Crippen LogP contribution in [0.4, 0.5) is 0 Å². The van der Waals surface area contributed by atoms with Gasteiger partial charge in [-0.3, -0.25) is 9.59 Å². The van der Waals surface area contributed by atoms with E-state index in [9.17, 15) is 14.4 Å². The maximum Gasteiger partial charge on any atom is 0.348 e. The molecule has 21 heavy (non-hydrogen) atoms. The Labute approximate surface area is 131 Å². The largest absolute Gasteiger partial charge is 0.451 e. The van der Waals surface area contributed by atoms with Gasteiger partial charge < -0.3 is 15.0 Å². The van der Waals surface area contributed by atoms with E-state index < -0.39 is 18.5 Å². The van der Waals surface area contributed by atoms with Gasteiger partial charge in [0.25, 0.3) is 5.91 Å². The van der Waals surface area contributed by atoms with Crippen molar-refractivity contribution < 1.29 is 19.1 Å². The first-order chi connectivity index (χ1) is 9.95. The molecule has 1 fully saturated rings. The SMILES string of the molecule is CN(CC(=O)NC1CC1)C(=O)COC(=O)c1ccc(Cl)s1. The molecule has 1 aliphatic carbocycles. The third-order valence-electron chi connectivity index (χ3n) is 2.85. The standard InChI is InChI=1S/C13H15ClN2O4S/c1-16(6-11(17)15-8-2-3-8)12(18)7-20-13(19)9-4-5-10(14)21-9/h4-5,8H,2-3,6-7H2,1H3,(H,15,17). The van der Waals surface area contributed by atoms with Gasteiger partial charge in [0, 0.05) is 13.1 Å². The second kappa shape index (κ2) is 6.91. The Bertz CT molecular complexity index is 556. The van der Waals surface area contributed by atoms with Crippen LogP contribution in [0.2, 0.25) is 4.34 Å². The van der Waals surface area contributed by atoms with Crippen LogP contribution in [0.15, 0.2) is 12.1 Å². The van der Waals surface area contributed by atoms with E-state index in [-0.39, 0.29) is 18.5 Å². The zero-order valence-electron chi connectivity index (χ0n) is 11.4. The molecule has 2 rings (SSSR count). The van der Waals surface area contributed by atoms with Crippen LogP contribution in [0.3, 0.4) is 0 Å². The van der Waals surface area contributed by atoms with Gasteiger partial charge in [-0.25, -0.2) is 4.79 Å². The summed E-state index contributed by atoms with van der Waals surface area (Å²) in [5.41, 5.74) is 0. The average molecular weight is 331 g/mol. The van der Waals surface area contributed by atoms with E-state index in [4.69, 9.17) is 16.3 Å². The predicted molar refractivity (Wildman–Crippen MR) is 78.4 cm³/mol. The summed E-state index contributed by atoms with van der Waals surface area (Å²) in [5, 5.41) is 2.78. The quantitative estimate of drug-likeness (QED) is 0.798. The smallest absolute Gasteiger partial charge is 0.348 e. The molecule has 0 radical (unpaired) electrons. The van der Waals surface area contributed by atoms with Crippen LogP contribution in [-0.4, -0.2) is 48.9 Å². The third kappa shape index (κ3) is 5.02. The lowest BCUT2D eigenvalue weighted by Crippen LogP contribution is -2.40. The first-order valence-electron chi connectivity index (χ1n) is 6.41. The summed E-state index contributed by atoms with van der Waals surface area (Å²) in [6.07, 6.45) is 1.98. The second-order valence-corrected chi connectivity index (χ2v) is 6.49. The second-order valence-electron chi connectivity index (χ2n) is 4.77. The average Bonchev–Trinajstić information content (AvgIpc) is 3.13. The highest BCUT2D eigenvalue weighted by atomic mass is 35.5. The molecule has 0 bridgehead atoms. The van der Waals surface area contributed by atoms with Gasteiger partial charge in [0.05, 0.1) is 10.9 Å². The van der Waals surface area contributed by atoms with Crippen molar-refractivity contribution in [2.24, 2.45) is 0 Å². The van der Waals surface area contributed by atoms with Gasteiger partial charge in [-0.2, -0.15) is 0 Å². The van der Waals surface area contributed by atoms with E-state index in [1.165, 1.54) is 18.0 Å². The monoisotopic (exact) mass is 330 g/mol. The Morgan fingerprint density at radius 1 is 1.43 bits per heavy atom. The van der Waals surface area contributed by atoms with Crippen LogP contribution in [0.1, 0.15) is 22.5 Å². The maximum absolute atomic E-state index is 11.8. The molecule has 1 N–H and O–H groups in total. The molecule has 114 valence electrons. The van der Waals surface area contributed by atoms with Gasteiger partial charge in [0.1, 0.15) is 4.88 Å². The van der Waals surface area contributed by atoms with Crippen molar-refractivity contribution >= 4 is 40.7 Å². The number of nitrogens with zero attached hydrogens (tertiary/aromatic N) is 1. The van der Waals surface area contributed by atoms with E-state index >= 15 is 0 Å². The number of rotatable bonds is 6. The Hall–Kier alpha value is -1.60. The number of hydrogen-bond acceptors (Lipinski definition) is 5. The molecule has 1 aromatic heterocycles. The summed E-state index contributed by atoms with van der Waals surface area (Å²) in [5.74, 6) is -1.24. The molecule has 0 unspecified atom stereocenters. The Kier molecular flexibility index (Phi) is 5.19. The highest BCUT2D eigenvalue weighted by molar-refractivity contribution is 7.17. The third-order valence-corrected chi connectivity index (χ3v) is 4.06. The first kappa shape index (κ1) is 15.8. The van der Waals surface area contributed by atoms with E-state index in [2.05, 4.69) is 5.32 Å². The number of esters is 1. The number of hydrogen-bond donors (Lipinski definition) is 1. The molecular weight excluding hydrogens is 316 g/mol. The number of nitrogens with one attached hydrogen (secondary N) is 1. The molecular formula is C13H15ClN2O4S. The molecule has 0 spiro atoms. The fraction of sp³-hybridized carbons (Fsp3) is 0.462. The minimum absolute atomic E-state index is 0.0439. The first-order valence-corrected chi connectivity index (χ1v) is 7.61. The van der Waals surface area contributed by atoms with Gasteiger partial charge in [0.2, 0.25) is 5.91 Å². The summed E-state index contributed by atoms with van der Waals surface area (Å²) in [6, 6.07) is 3.37. The predicted octanol–water partition coefficient (Wildman–Crippen LogP) is 1.30. The number of amides is 2. The molecule has 1 saturated carbocycles. The van der Waals surface area contributed by atoms with Crippen LogP contribution in [0, 0.1) is 0 Å². The van der Waals surface area contributed by atoms with Crippen molar-refractivity contribution in [1.82, 2.24) is 10.2 Å². The zero-order chi connectivity index (χ0) is 15.4. The van der Waals surface area contributed by atoms with Gasteiger partial charge in [0.15, 0.2) is 6.61 Å². The lowest BCUT2D eigenvalue weighted by atomic mass is 10.4. The van der Waals surface area contributed by atoms with Crippen LogP contribution in [0.5, 0.6) is 0 Å². The summed E-state index contributed by atoms with van der Waals surface area (Å²) >= 11 is 6.79. The number of thiophene rings is 1. The van der Waals surface area contributed by atoms with Crippen LogP contribution < -0.4 is 5.32 Å². The number of carbonyl (C=O) groups is 3. The maximum atomic E-state index is 11.8. The molecule has 1 aromatic rings. The Balaban J connectivity index is 1.72. The van der Waals surface area contributed by atoms with Crippen molar-refractivity contribution in [3.05, 3.63) is 21.3 Å². The van der Waals surface area contributed by atoms with Gasteiger partial charge in [-0.1, -0.05) is 11.6 Å². The normalized spacial score (nSPS) is 13.6. The Morgan fingerprint density at radius 2 is 2.14 bits per heavy atom. The summed E-state index contributed by atoms with van der Waals surface area (Å²) in [4.78, 5) is 36.5. The highest BCUT2D eigenvalue weighted by Gasteiger charge is 2.24. The Morgan fingerprint density at radius 3 is 2.71 bits per heavy atom. The molecule has 0 aromatic carbocycles. The number of halogens is 1. The van der Waals surface area contributed by atoms with Crippen molar-refractivity contribution in [1.29, 1.82) is 0 Å². The number of ether oxygens (including phenoxy) is 1. The summed E-state index contributed by atoms with van der Waals surface area (Å²) in [7, 11) is 1.49. The molecule has 0 atom stereocenters. The van der Waals surface area contributed by atoms with Crippen LogP contribution in [-0.2, 0) is 14.3 Å². The fourth-order valence-corrected chi connectivity index (χ4v) is 2.47. The molecule has 6 nitrogen and oxygen atoms in total. The molecule has 0 saturated heterocycles. The molecule has 8 heteroatoms. The van der Waals surface area contributed by atoms with E-state index in [0.29, 0.717) is 9.21 Å². The van der Waals surface area contributed by atoms with Gasteiger partial charge in [-0.15, -0.1) is 11.3 Å². The van der Waals surface area contributed by atoms with Crippen molar-refractivity contribution in [3.8, 4) is 0 Å². The minimum Gasteiger partial charge on any atom is -0.451 e. The van der Waals surface area contributed by atoms with Crippen LogP contribution >= 0.6 is 22.9 Å². The van der Waals surface area contributed by atoms with E-state index in [0.717, 1.165) is 24.2 Å². The molecule has 0 aliphatic heterocycles.